The van der Waals surface area contributed by atoms with Crippen molar-refractivity contribution in [3.8, 4) is 0 Å². The number of benzene rings is 1. The van der Waals surface area contributed by atoms with Gasteiger partial charge >= 0.3 is 0 Å². The molecule has 0 atom stereocenters. The van der Waals surface area contributed by atoms with Crippen LogP contribution < -0.4 is 0 Å². The summed E-state index contributed by atoms with van der Waals surface area (Å²) in [6, 6.07) is 5.12. The third-order valence-electron chi connectivity index (χ3n) is 1.74. The van der Waals surface area contributed by atoms with E-state index in [0.717, 1.165) is 17.5 Å². The first-order chi connectivity index (χ1) is 7.13. The van der Waals surface area contributed by atoms with Crippen LogP contribution in [0.2, 0.25) is 0 Å². The Kier molecular flexibility index (Phi) is 7.24. The second kappa shape index (κ2) is 7.97. The average molecular weight is 212 g/mol. The van der Waals surface area contributed by atoms with Gasteiger partial charge in [-0.3, -0.25) is 4.79 Å². The third kappa shape index (κ3) is 6.66. The third-order valence-corrected chi connectivity index (χ3v) is 1.74. The predicted molar refractivity (Wildman–Crippen MR) is 58.2 cm³/mol. The molecule has 0 amide bonds. The summed E-state index contributed by atoms with van der Waals surface area (Å²) >= 11 is 0. The summed E-state index contributed by atoms with van der Waals surface area (Å²) in [6.07, 6.45) is 0.901. The van der Waals surface area contributed by atoms with Crippen LogP contribution >= 0.6 is 0 Å². The topological polar surface area (TPSA) is 26.3 Å². The molecular weight excluding hydrogens is 195 g/mol. The maximum atomic E-state index is 12.6. The van der Waals surface area contributed by atoms with Crippen molar-refractivity contribution in [3.63, 3.8) is 0 Å². The second-order valence-electron chi connectivity index (χ2n) is 3.04. The molecule has 1 rings (SSSR count). The predicted octanol–water partition coefficient (Wildman–Crippen LogP) is 2.88. The van der Waals surface area contributed by atoms with Gasteiger partial charge in [0.05, 0.1) is 6.61 Å². The van der Waals surface area contributed by atoms with Crippen LogP contribution in [-0.4, -0.2) is 13.1 Å². The highest BCUT2D eigenvalue weighted by molar-refractivity contribution is 5.36. The van der Waals surface area contributed by atoms with E-state index in [1.807, 2.05) is 19.9 Å². The first kappa shape index (κ1) is 13.6. The largest absolute Gasteiger partial charge is 0.468 e. The quantitative estimate of drug-likeness (QED) is 0.720. The van der Waals surface area contributed by atoms with Crippen molar-refractivity contribution in [1.29, 1.82) is 0 Å². The maximum absolute atomic E-state index is 12.6. The van der Waals surface area contributed by atoms with Crippen LogP contribution in [0.4, 0.5) is 4.39 Å². The van der Waals surface area contributed by atoms with Gasteiger partial charge in [0.1, 0.15) is 5.82 Å². The Labute approximate surface area is 90.1 Å². The first-order valence-corrected chi connectivity index (χ1v) is 4.95. The number of ether oxygens (including phenoxy) is 1. The molecule has 0 unspecified atom stereocenters. The standard InChI is InChI=1S/C9H11F.C3H6O2/c1-3-8-4-7(2)5-9(10)6-8;1-2-5-3-4/h4-6H,3H2,1-2H3;3H,2H2,1H3. The lowest BCUT2D eigenvalue weighted by atomic mass is 10.1. The highest BCUT2D eigenvalue weighted by Crippen LogP contribution is 2.07. The number of hydrogen-bond acceptors (Lipinski definition) is 2. The van der Waals surface area contributed by atoms with Crippen LogP contribution in [0.1, 0.15) is 25.0 Å². The molecular formula is C12H17FO2. The Balaban J connectivity index is 0.000000336. The van der Waals surface area contributed by atoms with Gasteiger partial charge in [-0.1, -0.05) is 13.0 Å². The van der Waals surface area contributed by atoms with E-state index in [9.17, 15) is 9.18 Å². The summed E-state index contributed by atoms with van der Waals surface area (Å²) in [4.78, 5) is 9.18. The molecule has 2 nitrogen and oxygen atoms in total. The van der Waals surface area contributed by atoms with E-state index >= 15 is 0 Å². The lowest BCUT2D eigenvalue weighted by molar-refractivity contribution is -0.128. The second-order valence-corrected chi connectivity index (χ2v) is 3.04. The molecule has 0 aliphatic rings. The van der Waals surface area contributed by atoms with Crippen LogP contribution in [0.5, 0.6) is 0 Å². The smallest absolute Gasteiger partial charge is 0.293 e. The molecule has 0 spiro atoms. The number of carbonyl (C=O) groups is 1. The number of aryl methyl sites for hydroxylation is 2. The van der Waals surface area contributed by atoms with Crippen molar-refractivity contribution in [3.05, 3.63) is 35.1 Å². The van der Waals surface area contributed by atoms with Gasteiger partial charge in [-0.05, 0) is 43.5 Å². The fourth-order valence-electron chi connectivity index (χ4n) is 1.08. The molecule has 1 aromatic rings. The molecule has 0 N–H and O–H groups in total. The number of hydrogen-bond donors (Lipinski definition) is 0. The van der Waals surface area contributed by atoms with E-state index < -0.39 is 0 Å². The van der Waals surface area contributed by atoms with Crippen LogP contribution in [0.15, 0.2) is 18.2 Å². The molecule has 0 saturated heterocycles. The fraction of sp³-hybridized carbons (Fsp3) is 0.417. The van der Waals surface area contributed by atoms with Crippen LogP contribution in [-0.2, 0) is 16.0 Å². The molecule has 0 aliphatic carbocycles. The maximum Gasteiger partial charge on any atom is 0.293 e. The molecule has 15 heavy (non-hydrogen) atoms. The first-order valence-electron chi connectivity index (χ1n) is 4.95. The van der Waals surface area contributed by atoms with E-state index in [-0.39, 0.29) is 5.82 Å². The van der Waals surface area contributed by atoms with E-state index in [2.05, 4.69) is 4.74 Å². The lowest BCUT2D eigenvalue weighted by Crippen LogP contribution is -1.84. The van der Waals surface area contributed by atoms with Crippen molar-refractivity contribution in [1.82, 2.24) is 0 Å². The van der Waals surface area contributed by atoms with Gasteiger partial charge in [0.25, 0.3) is 6.47 Å². The fourth-order valence-corrected chi connectivity index (χ4v) is 1.08. The van der Waals surface area contributed by atoms with Gasteiger partial charge in [0.2, 0.25) is 0 Å². The van der Waals surface area contributed by atoms with E-state index in [1.165, 1.54) is 0 Å². The molecule has 0 bridgehead atoms. The van der Waals surface area contributed by atoms with Gasteiger partial charge in [-0.15, -0.1) is 0 Å². The van der Waals surface area contributed by atoms with Crippen molar-refractivity contribution in [2.24, 2.45) is 0 Å². The lowest BCUT2D eigenvalue weighted by Gasteiger charge is -1.97. The Morgan fingerprint density at radius 2 is 2.00 bits per heavy atom. The van der Waals surface area contributed by atoms with Crippen LogP contribution in [0.25, 0.3) is 0 Å². The molecule has 0 aliphatic heterocycles. The van der Waals surface area contributed by atoms with Crippen molar-refractivity contribution >= 4 is 6.47 Å². The van der Waals surface area contributed by atoms with E-state index in [0.29, 0.717) is 13.1 Å². The van der Waals surface area contributed by atoms with Gasteiger partial charge in [0.15, 0.2) is 0 Å². The zero-order valence-electron chi connectivity index (χ0n) is 9.42. The van der Waals surface area contributed by atoms with Crippen molar-refractivity contribution in [2.45, 2.75) is 27.2 Å². The Morgan fingerprint density at radius 1 is 1.33 bits per heavy atom. The van der Waals surface area contributed by atoms with E-state index in [1.54, 1.807) is 19.1 Å². The monoisotopic (exact) mass is 212 g/mol. The average Bonchev–Trinajstić information content (AvgIpc) is 2.18. The molecule has 0 heterocycles. The number of halogens is 1. The summed E-state index contributed by atoms with van der Waals surface area (Å²) in [5.74, 6) is -0.128. The minimum atomic E-state index is -0.128. The molecule has 0 fully saturated rings. The normalized spacial score (nSPS) is 8.80. The summed E-state index contributed by atoms with van der Waals surface area (Å²) in [6.45, 7) is 6.59. The Hall–Kier alpha value is -1.38. The molecule has 84 valence electrons. The number of carbonyl (C=O) groups excluding carboxylic acids is 1. The molecule has 3 heteroatoms. The van der Waals surface area contributed by atoms with Gasteiger partial charge in [0, 0.05) is 0 Å². The van der Waals surface area contributed by atoms with E-state index in [4.69, 9.17) is 0 Å². The summed E-state index contributed by atoms with van der Waals surface area (Å²) in [5, 5.41) is 0. The summed E-state index contributed by atoms with van der Waals surface area (Å²) < 4.78 is 16.8. The minimum absolute atomic E-state index is 0.128. The molecule has 0 radical (unpaired) electrons. The van der Waals surface area contributed by atoms with Gasteiger partial charge in [-0.2, -0.15) is 0 Å². The van der Waals surface area contributed by atoms with Gasteiger partial charge in [-0.25, -0.2) is 4.39 Å². The SMILES string of the molecule is CCOC=O.CCc1cc(C)cc(F)c1. The van der Waals surface area contributed by atoms with Gasteiger partial charge < -0.3 is 4.74 Å². The summed E-state index contributed by atoms with van der Waals surface area (Å²) in [7, 11) is 0. The van der Waals surface area contributed by atoms with Crippen LogP contribution in [0, 0.1) is 12.7 Å². The van der Waals surface area contributed by atoms with Crippen molar-refractivity contribution in [2.75, 3.05) is 6.61 Å². The highest BCUT2D eigenvalue weighted by Gasteiger charge is 1.93. The minimum Gasteiger partial charge on any atom is -0.468 e. The molecule has 0 aromatic heterocycles. The molecule has 0 saturated carbocycles. The highest BCUT2D eigenvalue weighted by atomic mass is 19.1. The Morgan fingerprint density at radius 3 is 2.33 bits per heavy atom. The summed E-state index contributed by atoms with van der Waals surface area (Å²) in [5.41, 5.74) is 2.06. The zero-order valence-corrected chi connectivity index (χ0v) is 9.42. The van der Waals surface area contributed by atoms with Crippen molar-refractivity contribution < 1.29 is 13.9 Å². The van der Waals surface area contributed by atoms with Crippen LogP contribution in [0.3, 0.4) is 0 Å². The molecule has 1 aromatic carbocycles. The number of rotatable bonds is 3. The Bertz CT molecular complexity index is 277. The zero-order chi connectivity index (χ0) is 11.7.